The molecule has 2 amide bonds. The Hall–Kier alpha value is -3.85. The molecule has 4 aromatic rings. The third-order valence-electron chi connectivity index (χ3n) is 6.75. The Morgan fingerprint density at radius 2 is 1.45 bits per heavy atom. The summed E-state index contributed by atoms with van der Waals surface area (Å²) >= 11 is 12.4. The maximum Gasteiger partial charge on any atom is 0.264 e. The van der Waals surface area contributed by atoms with Crippen LogP contribution in [0.5, 0.6) is 0 Å². The topological polar surface area (TPSA) is 86.8 Å². The SMILES string of the molecule is CNC(=O)[C@@H](Cc1ccccc1)N(Cc1cccc(C)c1)C(=O)CN(c1ccc(Cl)c(Cl)c1)S(=O)(=O)c1ccccc1. The summed E-state index contributed by atoms with van der Waals surface area (Å²) in [6, 6.07) is 28.3. The van der Waals surface area contributed by atoms with E-state index in [0.717, 1.165) is 21.0 Å². The number of carbonyl (C=O) groups excluding carboxylic acids is 2. The smallest absolute Gasteiger partial charge is 0.264 e. The fraction of sp³-hybridized carbons (Fsp3) is 0.188. The van der Waals surface area contributed by atoms with Crippen LogP contribution >= 0.6 is 23.2 Å². The Labute approximate surface area is 256 Å². The van der Waals surface area contributed by atoms with Gasteiger partial charge in [-0.2, -0.15) is 0 Å². The van der Waals surface area contributed by atoms with Gasteiger partial charge in [0.1, 0.15) is 12.6 Å². The van der Waals surface area contributed by atoms with Crippen molar-refractivity contribution >= 4 is 50.7 Å². The highest BCUT2D eigenvalue weighted by Crippen LogP contribution is 2.31. The van der Waals surface area contributed by atoms with E-state index in [9.17, 15) is 18.0 Å². The minimum absolute atomic E-state index is 0.00115. The van der Waals surface area contributed by atoms with E-state index >= 15 is 0 Å². The molecule has 4 rings (SSSR count). The lowest BCUT2D eigenvalue weighted by Crippen LogP contribution is -2.53. The van der Waals surface area contributed by atoms with E-state index in [4.69, 9.17) is 23.2 Å². The van der Waals surface area contributed by atoms with Crippen molar-refractivity contribution < 1.29 is 18.0 Å². The highest BCUT2D eigenvalue weighted by molar-refractivity contribution is 7.92. The molecule has 0 aromatic heterocycles. The number of sulfonamides is 1. The second kappa shape index (κ2) is 13.9. The first-order valence-electron chi connectivity index (χ1n) is 13.2. The van der Waals surface area contributed by atoms with E-state index in [1.54, 1.807) is 18.2 Å². The lowest BCUT2D eigenvalue weighted by Gasteiger charge is -2.33. The number of likely N-dealkylation sites (N-methyl/N-ethyl adjacent to an activating group) is 1. The number of amides is 2. The maximum absolute atomic E-state index is 14.3. The molecule has 218 valence electrons. The quantitative estimate of drug-likeness (QED) is 0.226. The molecule has 1 atom stereocenters. The van der Waals surface area contributed by atoms with E-state index in [-0.39, 0.29) is 39.5 Å². The summed E-state index contributed by atoms with van der Waals surface area (Å²) < 4.78 is 28.9. The molecule has 0 bridgehead atoms. The van der Waals surface area contributed by atoms with Crippen LogP contribution in [0.1, 0.15) is 16.7 Å². The van der Waals surface area contributed by atoms with Crippen LogP contribution in [0.3, 0.4) is 0 Å². The Bertz CT molecular complexity index is 1650. The van der Waals surface area contributed by atoms with Gasteiger partial charge in [0.2, 0.25) is 11.8 Å². The molecule has 0 aliphatic heterocycles. The van der Waals surface area contributed by atoms with Gasteiger partial charge in [0.05, 0.1) is 20.6 Å². The number of hydrogen-bond acceptors (Lipinski definition) is 4. The zero-order valence-corrected chi connectivity index (χ0v) is 25.5. The monoisotopic (exact) mass is 623 g/mol. The van der Waals surface area contributed by atoms with Gasteiger partial charge in [0.25, 0.3) is 10.0 Å². The molecular formula is C32H31Cl2N3O4S. The van der Waals surface area contributed by atoms with E-state index in [2.05, 4.69) is 5.32 Å². The van der Waals surface area contributed by atoms with Crippen molar-refractivity contribution in [2.45, 2.75) is 30.8 Å². The van der Waals surface area contributed by atoms with E-state index in [1.807, 2.05) is 61.5 Å². The molecule has 7 nitrogen and oxygen atoms in total. The number of benzene rings is 4. The molecule has 0 aliphatic rings. The second-order valence-corrected chi connectivity index (χ2v) is 12.4. The second-order valence-electron chi connectivity index (χ2n) is 9.75. The van der Waals surface area contributed by atoms with E-state index in [0.29, 0.717) is 0 Å². The van der Waals surface area contributed by atoms with Crippen LogP contribution in [0, 0.1) is 6.92 Å². The van der Waals surface area contributed by atoms with Gasteiger partial charge in [0, 0.05) is 20.0 Å². The van der Waals surface area contributed by atoms with Crippen LogP contribution in [0.25, 0.3) is 0 Å². The molecule has 42 heavy (non-hydrogen) atoms. The predicted molar refractivity (Wildman–Crippen MR) is 167 cm³/mol. The van der Waals surface area contributed by atoms with Crippen molar-refractivity contribution in [3.8, 4) is 0 Å². The van der Waals surface area contributed by atoms with Crippen molar-refractivity contribution in [2.24, 2.45) is 0 Å². The number of nitrogens with one attached hydrogen (secondary N) is 1. The molecule has 4 aromatic carbocycles. The Balaban J connectivity index is 1.80. The summed E-state index contributed by atoms with van der Waals surface area (Å²) in [5.41, 5.74) is 2.81. The van der Waals surface area contributed by atoms with Gasteiger partial charge in [-0.05, 0) is 48.4 Å². The van der Waals surface area contributed by atoms with Crippen LogP contribution in [0.15, 0.2) is 108 Å². The molecule has 0 unspecified atom stereocenters. The van der Waals surface area contributed by atoms with Crippen molar-refractivity contribution in [1.29, 1.82) is 0 Å². The minimum Gasteiger partial charge on any atom is -0.357 e. The van der Waals surface area contributed by atoms with Gasteiger partial charge in [-0.15, -0.1) is 0 Å². The molecule has 0 saturated carbocycles. The largest absolute Gasteiger partial charge is 0.357 e. The fourth-order valence-corrected chi connectivity index (χ4v) is 6.34. The molecule has 0 heterocycles. The van der Waals surface area contributed by atoms with Crippen LogP contribution in [-0.2, 0) is 32.6 Å². The molecule has 0 radical (unpaired) electrons. The summed E-state index contributed by atoms with van der Waals surface area (Å²) in [5.74, 6) is -0.932. The normalized spacial score (nSPS) is 11.9. The standard InChI is InChI=1S/C32H31Cl2N3O4S/c1-23-10-9-13-25(18-23)21-36(30(32(39)35-2)19-24-11-5-3-6-12-24)31(38)22-37(26-16-17-28(33)29(34)20-26)42(40,41)27-14-7-4-8-15-27/h3-18,20,30H,19,21-22H2,1-2H3,(H,35,39)/t30-/m1/s1. The first kappa shape index (κ1) is 31.1. The number of halogens is 2. The molecule has 0 saturated heterocycles. The zero-order valence-electron chi connectivity index (χ0n) is 23.2. The summed E-state index contributed by atoms with van der Waals surface area (Å²) in [6.45, 7) is 1.45. The predicted octanol–water partition coefficient (Wildman–Crippen LogP) is 5.88. The van der Waals surface area contributed by atoms with Crippen LogP contribution < -0.4 is 9.62 Å². The molecule has 1 N–H and O–H groups in total. The Morgan fingerprint density at radius 3 is 2.07 bits per heavy atom. The highest BCUT2D eigenvalue weighted by Gasteiger charge is 2.34. The number of hydrogen-bond donors (Lipinski definition) is 1. The number of aryl methyl sites for hydroxylation is 1. The zero-order chi connectivity index (χ0) is 30.3. The molecular weight excluding hydrogens is 593 g/mol. The average molecular weight is 625 g/mol. The average Bonchev–Trinajstić information content (AvgIpc) is 2.99. The third kappa shape index (κ3) is 7.50. The molecule has 0 fully saturated rings. The Kier molecular flexibility index (Phi) is 10.3. The van der Waals surface area contributed by atoms with Gasteiger partial charge in [-0.25, -0.2) is 8.42 Å². The van der Waals surface area contributed by atoms with E-state index < -0.39 is 28.5 Å². The molecule has 0 aliphatic carbocycles. The number of anilines is 1. The number of carbonyl (C=O) groups is 2. The van der Waals surface area contributed by atoms with Crippen LogP contribution in [0.4, 0.5) is 5.69 Å². The van der Waals surface area contributed by atoms with Gasteiger partial charge in [0.15, 0.2) is 0 Å². The third-order valence-corrected chi connectivity index (χ3v) is 9.28. The van der Waals surface area contributed by atoms with Gasteiger partial charge >= 0.3 is 0 Å². The summed E-state index contributed by atoms with van der Waals surface area (Å²) in [7, 11) is -2.71. The lowest BCUT2D eigenvalue weighted by molar-refractivity contribution is -0.139. The van der Waals surface area contributed by atoms with Crippen molar-refractivity contribution in [3.63, 3.8) is 0 Å². The van der Waals surface area contributed by atoms with E-state index in [1.165, 1.54) is 42.3 Å². The van der Waals surface area contributed by atoms with Crippen LogP contribution in [-0.4, -0.2) is 44.8 Å². The van der Waals surface area contributed by atoms with Gasteiger partial charge in [-0.1, -0.05) is 102 Å². The molecule has 10 heteroatoms. The lowest BCUT2D eigenvalue weighted by atomic mass is 10.0. The fourth-order valence-electron chi connectivity index (χ4n) is 4.62. The first-order valence-corrected chi connectivity index (χ1v) is 15.4. The van der Waals surface area contributed by atoms with Gasteiger partial charge in [-0.3, -0.25) is 13.9 Å². The first-order chi connectivity index (χ1) is 20.1. The molecule has 0 spiro atoms. The number of rotatable bonds is 11. The van der Waals surface area contributed by atoms with Crippen molar-refractivity contribution in [2.75, 3.05) is 17.9 Å². The summed E-state index contributed by atoms with van der Waals surface area (Å²) in [5, 5.41) is 3.06. The number of nitrogens with zero attached hydrogens (tertiary/aromatic N) is 2. The summed E-state index contributed by atoms with van der Waals surface area (Å²) in [6.07, 6.45) is 0.232. The highest BCUT2D eigenvalue weighted by atomic mass is 35.5. The van der Waals surface area contributed by atoms with Crippen LogP contribution in [0.2, 0.25) is 10.0 Å². The minimum atomic E-state index is -4.22. The van der Waals surface area contributed by atoms with Crippen molar-refractivity contribution in [3.05, 3.63) is 130 Å². The van der Waals surface area contributed by atoms with Crippen molar-refractivity contribution in [1.82, 2.24) is 10.2 Å². The summed E-state index contributed by atoms with van der Waals surface area (Å²) in [4.78, 5) is 29.0. The Morgan fingerprint density at radius 1 is 0.810 bits per heavy atom. The maximum atomic E-state index is 14.3. The van der Waals surface area contributed by atoms with Gasteiger partial charge < -0.3 is 10.2 Å².